The van der Waals surface area contributed by atoms with Crippen LogP contribution in [0.4, 0.5) is 10.5 Å². The topological polar surface area (TPSA) is 81.5 Å². The van der Waals surface area contributed by atoms with Gasteiger partial charge in [0.1, 0.15) is 14.7 Å². The first-order valence-electron chi connectivity index (χ1n) is 10.3. The van der Waals surface area contributed by atoms with Gasteiger partial charge < -0.3 is 10.1 Å². The number of non-ortho nitro benzene ring substituents is 1. The Labute approximate surface area is 188 Å². The van der Waals surface area contributed by atoms with E-state index in [1.54, 1.807) is 12.1 Å². The molecule has 7 heteroatoms. The van der Waals surface area contributed by atoms with Gasteiger partial charge in [-0.2, -0.15) is 0 Å². The third kappa shape index (κ3) is 6.39. The lowest BCUT2D eigenvalue weighted by Gasteiger charge is -2.21. The van der Waals surface area contributed by atoms with Crippen LogP contribution < -0.4 is 10.5 Å². The van der Waals surface area contributed by atoms with E-state index in [9.17, 15) is 14.9 Å². The molecule has 1 unspecified atom stereocenters. The van der Waals surface area contributed by atoms with Gasteiger partial charge in [-0.15, -0.1) is 0 Å². The summed E-state index contributed by atoms with van der Waals surface area (Å²) in [5, 5.41) is 15.2. The molecule has 1 amide bonds. The Balaban J connectivity index is 1.79. The van der Waals surface area contributed by atoms with Gasteiger partial charge >= 0.3 is 6.09 Å². The predicted molar refractivity (Wildman–Crippen MR) is 128 cm³/mol. The molecule has 0 aliphatic carbocycles. The number of carbonyl (C=O) groups excluding carboxylic acids is 1. The monoisotopic (exact) mass is 446 g/mol. The van der Waals surface area contributed by atoms with Gasteiger partial charge in [0.25, 0.3) is 5.69 Å². The Hall–Kier alpha value is -3.71. The molecule has 3 aromatic rings. The summed E-state index contributed by atoms with van der Waals surface area (Å²) in [5.41, 5.74) is 3.79. The van der Waals surface area contributed by atoms with Gasteiger partial charge in [-0.1, -0.05) is 90.7 Å². The van der Waals surface area contributed by atoms with Crippen molar-refractivity contribution in [2.75, 3.05) is 0 Å². The van der Waals surface area contributed by atoms with E-state index in [1.807, 2.05) is 54.6 Å². The highest BCUT2D eigenvalue weighted by atomic mass is 28.3. The first-order chi connectivity index (χ1) is 15.3. The van der Waals surface area contributed by atoms with Crippen molar-refractivity contribution >= 4 is 25.0 Å². The molecule has 0 saturated heterocycles. The first kappa shape index (κ1) is 23.0. The van der Waals surface area contributed by atoms with Gasteiger partial charge in [0.05, 0.1) is 11.0 Å². The fraction of sp³-hybridized carbons (Fsp3) is 0.160. The zero-order chi connectivity index (χ0) is 23.0. The number of nitrogens with zero attached hydrogens (tertiary/aromatic N) is 1. The molecule has 0 saturated carbocycles. The molecule has 0 aromatic heterocycles. The summed E-state index contributed by atoms with van der Waals surface area (Å²) in [5.74, 6) is 0. The van der Waals surface area contributed by atoms with Gasteiger partial charge in [-0.05, 0) is 23.3 Å². The number of carbonyl (C=O) groups is 1. The molecular formula is C25H26N2O4Si. The van der Waals surface area contributed by atoms with E-state index in [4.69, 9.17) is 4.74 Å². The minimum Gasteiger partial charge on any atom is -0.445 e. The number of benzene rings is 3. The molecule has 0 heterocycles. The summed E-state index contributed by atoms with van der Waals surface area (Å²) in [6, 6.07) is 25.4. The Morgan fingerprint density at radius 2 is 1.59 bits per heavy atom. The van der Waals surface area contributed by atoms with Crippen molar-refractivity contribution < 1.29 is 14.5 Å². The first-order valence-corrected chi connectivity index (χ1v) is 13.4. The van der Waals surface area contributed by atoms with Gasteiger partial charge in [0.15, 0.2) is 0 Å². The quantitative estimate of drug-likeness (QED) is 0.290. The van der Waals surface area contributed by atoms with Crippen LogP contribution in [0.15, 0.2) is 96.7 Å². The fourth-order valence-electron chi connectivity index (χ4n) is 3.24. The van der Waals surface area contributed by atoms with Gasteiger partial charge in [0, 0.05) is 12.1 Å². The molecule has 3 rings (SSSR count). The van der Waals surface area contributed by atoms with Crippen LogP contribution in [0, 0.1) is 10.1 Å². The van der Waals surface area contributed by atoms with Crippen molar-refractivity contribution in [1.82, 2.24) is 5.32 Å². The molecule has 0 fully saturated rings. The van der Waals surface area contributed by atoms with Gasteiger partial charge in [-0.3, -0.25) is 10.1 Å². The molecule has 6 nitrogen and oxygen atoms in total. The summed E-state index contributed by atoms with van der Waals surface area (Å²) >= 11 is 0. The lowest BCUT2D eigenvalue weighted by Crippen LogP contribution is -2.39. The Morgan fingerprint density at radius 3 is 2.19 bits per heavy atom. The highest BCUT2D eigenvalue weighted by Crippen LogP contribution is 2.20. The zero-order valence-corrected chi connectivity index (χ0v) is 19.1. The molecule has 0 aliphatic rings. The van der Waals surface area contributed by atoms with Crippen LogP contribution in [0.3, 0.4) is 0 Å². The number of hydrogen-bond donors (Lipinski definition) is 1. The molecule has 0 bridgehead atoms. The van der Waals surface area contributed by atoms with Crippen LogP contribution in [0.2, 0.25) is 13.1 Å². The van der Waals surface area contributed by atoms with E-state index >= 15 is 0 Å². The molecule has 0 spiro atoms. The number of nitro groups is 1. The largest absolute Gasteiger partial charge is 0.445 e. The van der Waals surface area contributed by atoms with E-state index in [-0.39, 0.29) is 12.3 Å². The third-order valence-electron chi connectivity index (χ3n) is 5.17. The summed E-state index contributed by atoms with van der Waals surface area (Å²) in [4.78, 5) is 23.1. The van der Waals surface area contributed by atoms with Crippen molar-refractivity contribution in [3.63, 3.8) is 0 Å². The predicted octanol–water partition coefficient (Wildman–Crippen LogP) is 5.27. The molecule has 0 aliphatic heterocycles. The van der Waals surface area contributed by atoms with Crippen LogP contribution in [-0.4, -0.2) is 19.1 Å². The van der Waals surface area contributed by atoms with E-state index in [0.29, 0.717) is 0 Å². The Kier molecular flexibility index (Phi) is 7.57. The SMILES string of the molecule is C[Si](C)(/C=C/C(NC(=O)OCc1ccccc1)c1ccc([N+](=O)[O-])cc1)c1ccccc1. The second-order valence-electron chi connectivity index (χ2n) is 7.98. The summed E-state index contributed by atoms with van der Waals surface area (Å²) in [6.45, 7) is 4.60. The van der Waals surface area contributed by atoms with E-state index < -0.39 is 25.1 Å². The summed E-state index contributed by atoms with van der Waals surface area (Å²) in [6.07, 6.45) is 1.39. The van der Waals surface area contributed by atoms with Gasteiger partial charge in [0.2, 0.25) is 0 Å². The smallest absolute Gasteiger partial charge is 0.408 e. The average molecular weight is 447 g/mol. The summed E-state index contributed by atoms with van der Waals surface area (Å²) in [7, 11) is -1.91. The number of amides is 1. The Bertz CT molecular complexity index is 1070. The van der Waals surface area contributed by atoms with Crippen LogP contribution in [0.5, 0.6) is 0 Å². The highest BCUT2D eigenvalue weighted by Gasteiger charge is 2.21. The highest BCUT2D eigenvalue weighted by molar-refractivity contribution is 6.93. The number of rotatable bonds is 8. The van der Waals surface area contributed by atoms with Crippen LogP contribution in [0.1, 0.15) is 17.2 Å². The van der Waals surface area contributed by atoms with Crippen molar-refractivity contribution in [3.8, 4) is 0 Å². The number of alkyl carbamates (subject to hydrolysis) is 1. The minimum absolute atomic E-state index is 0.00197. The van der Waals surface area contributed by atoms with E-state index in [1.165, 1.54) is 17.3 Å². The maximum absolute atomic E-state index is 12.5. The van der Waals surface area contributed by atoms with E-state index in [0.717, 1.165) is 11.1 Å². The van der Waals surface area contributed by atoms with Crippen LogP contribution in [-0.2, 0) is 11.3 Å². The molecule has 0 radical (unpaired) electrons. The molecule has 32 heavy (non-hydrogen) atoms. The molecule has 1 atom stereocenters. The van der Waals surface area contributed by atoms with Crippen molar-refractivity contribution in [2.24, 2.45) is 0 Å². The normalized spacial score (nSPS) is 12.3. The lowest BCUT2D eigenvalue weighted by atomic mass is 10.1. The Morgan fingerprint density at radius 1 is 1.00 bits per heavy atom. The maximum atomic E-state index is 12.5. The average Bonchev–Trinajstić information content (AvgIpc) is 2.81. The van der Waals surface area contributed by atoms with Crippen molar-refractivity contribution in [2.45, 2.75) is 25.7 Å². The molecule has 1 N–H and O–H groups in total. The second-order valence-corrected chi connectivity index (χ2v) is 12.3. The zero-order valence-electron chi connectivity index (χ0n) is 18.1. The molecular weight excluding hydrogens is 420 g/mol. The van der Waals surface area contributed by atoms with E-state index in [2.05, 4.69) is 36.2 Å². The van der Waals surface area contributed by atoms with Crippen LogP contribution in [0.25, 0.3) is 0 Å². The van der Waals surface area contributed by atoms with Gasteiger partial charge in [-0.25, -0.2) is 4.79 Å². The summed E-state index contributed by atoms with van der Waals surface area (Å²) < 4.78 is 5.38. The van der Waals surface area contributed by atoms with Crippen molar-refractivity contribution in [3.05, 3.63) is 118 Å². The third-order valence-corrected chi connectivity index (χ3v) is 8.02. The van der Waals surface area contributed by atoms with Crippen molar-refractivity contribution in [1.29, 1.82) is 0 Å². The van der Waals surface area contributed by atoms with Crippen LogP contribution >= 0.6 is 0 Å². The second kappa shape index (κ2) is 10.5. The molecule has 3 aromatic carbocycles. The standard InChI is InChI=1S/C25H26N2O4Si/c1-32(2,23-11-7-4-8-12-23)18-17-24(21-13-15-22(16-14-21)27(29)30)26-25(28)31-19-20-9-5-3-6-10-20/h3-18,24H,19H2,1-2H3,(H,26,28)/b18-17+. The number of hydrogen-bond acceptors (Lipinski definition) is 4. The minimum atomic E-state index is -1.91. The lowest BCUT2D eigenvalue weighted by molar-refractivity contribution is -0.384. The number of nitrogens with one attached hydrogen (secondary N) is 1. The number of ether oxygens (including phenoxy) is 1. The maximum Gasteiger partial charge on any atom is 0.408 e. The fourth-order valence-corrected chi connectivity index (χ4v) is 5.16. The number of nitro benzene ring substituents is 1. The molecule has 164 valence electrons.